The number of aryl methyl sites for hydroxylation is 1. The van der Waals surface area contributed by atoms with Crippen LogP contribution in [0.1, 0.15) is 11.1 Å². The average Bonchev–Trinajstić information content (AvgIpc) is 2.00. The highest BCUT2D eigenvalue weighted by atomic mass is 32.2. The highest BCUT2D eigenvalue weighted by Gasteiger charge is 2.07. The van der Waals surface area contributed by atoms with Crippen LogP contribution >= 0.6 is 0 Å². The van der Waals surface area contributed by atoms with Crippen molar-refractivity contribution in [3.63, 3.8) is 0 Å². The van der Waals surface area contributed by atoms with E-state index in [1.54, 1.807) is 13.0 Å². The first-order valence-corrected chi connectivity index (χ1v) is 5.28. The van der Waals surface area contributed by atoms with Gasteiger partial charge >= 0.3 is 10.3 Å². The Kier molecular flexibility index (Phi) is 3.20. The van der Waals surface area contributed by atoms with Gasteiger partial charge in [0.15, 0.2) is 0 Å². The van der Waals surface area contributed by atoms with Crippen LogP contribution in [0.25, 0.3) is 0 Å². The molecule has 1 aromatic carbocycles. The Bertz CT molecular complexity index is 430. The third kappa shape index (κ3) is 3.41. The molecule has 0 aromatic heterocycles. The van der Waals surface area contributed by atoms with Crippen molar-refractivity contribution in [2.24, 2.45) is 5.14 Å². The van der Waals surface area contributed by atoms with Crippen LogP contribution in [0.3, 0.4) is 0 Å². The predicted molar refractivity (Wildman–Crippen MR) is 49.0 cm³/mol. The second-order valence-electron chi connectivity index (χ2n) is 2.85. The smallest absolute Gasteiger partial charge is 0.253 e. The summed E-state index contributed by atoms with van der Waals surface area (Å²) in [4.78, 5) is 0. The molecule has 4 nitrogen and oxygen atoms in total. The van der Waals surface area contributed by atoms with E-state index in [0.717, 1.165) is 5.56 Å². The van der Waals surface area contributed by atoms with Crippen molar-refractivity contribution in [2.75, 3.05) is 0 Å². The minimum atomic E-state index is -4.02. The zero-order valence-electron chi connectivity index (χ0n) is 7.53. The first-order valence-electron chi connectivity index (χ1n) is 3.80. The largest absolute Gasteiger partial charge is 0.333 e. The molecule has 0 radical (unpaired) electrons. The van der Waals surface area contributed by atoms with Crippen molar-refractivity contribution >= 4 is 10.3 Å². The van der Waals surface area contributed by atoms with Gasteiger partial charge in [0.1, 0.15) is 5.82 Å². The number of hydrogen-bond donors (Lipinski definition) is 1. The fourth-order valence-electron chi connectivity index (χ4n) is 0.915. The number of nitrogens with two attached hydrogens (primary N) is 1. The van der Waals surface area contributed by atoms with E-state index >= 15 is 0 Å². The van der Waals surface area contributed by atoms with Crippen molar-refractivity contribution in [2.45, 2.75) is 13.5 Å². The molecular weight excluding hydrogens is 209 g/mol. The molecule has 6 heteroatoms. The third-order valence-corrected chi connectivity index (χ3v) is 2.03. The van der Waals surface area contributed by atoms with Gasteiger partial charge in [0.05, 0.1) is 6.61 Å². The lowest BCUT2D eigenvalue weighted by atomic mass is 10.1. The monoisotopic (exact) mass is 219 g/mol. The van der Waals surface area contributed by atoms with Crippen molar-refractivity contribution in [1.29, 1.82) is 0 Å². The standard InChI is InChI=1S/C8H10FNO3S/c1-6-2-3-7(8(9)4-6)5-13-14(10,11)12/h2-4H,5H2,1H3,(H2,10,11,12). The summed E-state index contributed by atoms with van der Waals surface area (Å²) in [5.41, 5.74) is 0.909. The highest BCUT2D eigenvalue weighted by molar-refractivity contribution is 7.84. The molecule has 0 atom stereocenters. The lowest BCUT2D eigenvalue weighted by molar-refractivity contribution is 0.303. The molecule has 0 saturated heterocycles. The summed E-state index contributed by atoms with van der Waals surface area (Å²) < 4.78 is 38.2. The first-order chi connectivity index (χ1) is 6.38. The zero-order chi connectivity index (χ0) is 10.8. The Balaban J connectivity index is 2.78. The van der Waals surface area contributed by atoms with Gasteiger partial charge in [-0.15, -0.1) is 0 Å². The molecule has 1 aromatic rings. The fourth-order valence-corrected chi connectivity index (χ4v) is 1.21. The van der Waals surface area contributed by atoms with Gasteiger partial charge in [-0.1, -0.05) is 12.1 Å². The Hall–Kier alpha value is -0.980. The van der Waals surface area contributed by atoms with Crippen LogP contribution in [-0.4, -0.2) is 8.42 Å². The van der Waals surface area contributed by atoms with Gasteiger partial charge in [-0.3, -0.25) is 4.18 Å². The van der Waals surface area contributed by atoms with Crippen LogP contribution in [0.2, 0.25) is 0 Å². The van der Waals surface area contributed by atoms with Crippen LogP contribution in [0, 0.1) is 12.7 Å². The van der Waals surface area contributed by atoms with Gasteiger partial charge in [0.25, 0.3) is 0 Å². The van der Waals surface area contributed by atoms with Crippen molar-refractivity contribution in [3.8, 4) is 0 Å². The van der Waals surface area contributed by atoms with Gasteiger partial charge in [-0.25, -0.2) is 9.53 Å². The van der Waals surface area contributed by atoms with Gasteiger partial charge in [0.2, 0.25) is 0 Å². The van der Waals surface area contributed by atoms with E-state index < -0.39 is 16.1 Å². The highest BCUT2D eigenvalue weighted by Crippen LogP contribution is 2.11. The average molecular weight is 219 g/mol. The van der Waals surface area contributed by atoms with Crippen molar-refractivity contribution in [1.82, 2.24) is 0 Å². The minimum Gasteiger partial charge on any atom is -0.253 e. The van der Waals surface area contributed by atoms with Crippen LogP contribution in [0.15, 0.2) is 18.2 Å². The van der Waals surface area contributed by atoms with Crippen LogP contribution in [0.4, 0.5) is 4.39 Å². The Morgan fingerprint density at radius 2 is 2.14 bits per heavy atom. The number of rotatable bonds is 3. The number of hydrogen-bond acceptors (Lipinski definition) is 3. The summed E-state index contributed by atoms with van der Waals surface area (Å²) in [7, 11) is -4.02. The summed E-state index contributed by atoms with van der Waals surface area (Å²) in [5.74, 6) is -0.506. The maximum absolute atomic E-state index is 13.1. The number of benzene rings is 1. The maximum atomic E-state index is 13.1. The van der Waals surface area contributed by atoms with E-state index in [-0.39, 0.29) is 12.2 Å². The molecule has 2 N–H and O–H groups in total. The lowest BCUT2D eigenvalue weighted by Gasteiger charge is -2.03. The van der Waals surface area contributed by atoms with E-state index in [4.69, 9.17) is 0 Å². The van der Waals surface area contributed by atoms with Crippen LogP contribution in [0.5, 0.6) is 0 Å². The van der Waals surface area contributed by atoms with E-state index in [2.05, 4.69) is 9.32 Å². The molecule has 0 spiro atoms. The molecule has 1 rings (SSSR count). The molecule has 0 aliphatic rings. The SMILES string of the molecule is Cc1ccc(COS(N)(=O)=O)c(F)c1. The fraction of sp³-hybridized carbons (Fsp3) is 0.250. The lowest BCUT2D eigenvalue weighted by Crippen LogP contribution is -2.15. The minimum absolute atomic E-state index is 0.157. The van der Waals surface area contributed by atoms with Gasteiger partial charge in [0, 0.05) is 5.56 Å². The Morgan fingerprint density at radius 1 is 1.50 bits per heavy atom. The molecule has 0 aliphatic carbocycles. The summed E-state index contributed by atoms with van der Waals surface area (Å²) in [6, 6.07) is 4.41. The molecule has 0 heterocycles. The molecule has 0 aliphatic heterocycles. The molecule has 0 fully saturated rings. The second kappa shape index (κ2) is 4.04. The normalized spacial score (nSPS) is 11.6. The summed E-state index contributed by atoms with van der Waals surface area (Å²) >= 11 is 0. The van der Waals surface area contributed by atoms with E-state index in [1.807, 2.05) is 0 Å². The van der Waals surface area contributed by atoms with Crippen molar-refractivity contribution in [3.05, 3.63) is 35.1 Å². The third-order valence-electron chi connectivity index (χ3n) is 1.59. The van der Waals surface area contributed by atoms with Crippen LogP contribution in [-0.2, 0) is 21.1 Å². The van der Waals surface area contributed by atoms with E-state index in [0.29, 0.717) is 0 Å². The Labute approximate surface area is 81.8 Å². The van der Waals surface area contributed by atoms with Gasteiger partial charge < -0.3 is 0 Å². The summed E-state index contributed by atoms with van der Waals surface area (Å²) in [6.07, 6.45) is 0. The molecule has 0 amide bonds. The molecule has 78 valence electrons. The predicted octanol–water partition coefficient (Wildman–Crippen LogP) is 0.854. The molecule has 0 unspecified atom stereocenters. The Morgan fingerprint density at radius 3 is 2.64 bits per heavy atom. The van der Waals surface area contributed by atoms with E-state index in [1.165, 1.54) is 12.1 Å². The van der Waals surface area contributed by atoms with Gasteiger partial charge in [-0.2, -0.15) is 8.42 Å². The van der Waals surface area contributed by atoms with Crippen LogP contribution < -0.4 is 5.14 Å². The van der Waals surface area contributed by atoms with Crippen molar-refractivity contribution < 1.29 is 17.0 Å². The van der Waals surface area contributed by atoms with Gasteiger partial charge in [-0.05, 0) is 18.6 Å². The second-order valence-corrected chi connectivity index (χ2v) is 4.07. The van der Waals surface area contributed by atoms with E-state index in [9.17, 15) is 12.8 Å². The summed E-state index contributed by atoms with van der Waals surface area (Å²) in [6.45, 7) is 1.35. The topological polar surface area (TPSA) is 69.4 Å². The quantitative estimate of drug-likeness (QED) is 0.819. The molecule has 0 bridgehead atoms. The maximum Gasteiger partial charge on any atom is 0.333 e. The molecule has 0 saturated carbocycles. The number of halogens is 1. The summed E-state index contributed by atoms with van der Waals surface area (Å²) in [5, 5.41) is 4.59. The first kappa shape index (κ1) is 11.1. The zero-order valence-corrected chi connectivity index (χ0v) is 8.34. The molecular formula is C8H10FNO3S. The molecule has 14 heavy (non-hydrogen) atoms.